The Morgan fingerprint density at radius 1 is 1.16 bits per heavy atom. The van der Waals surface area contributed by atoms with Gasteiger partial charge in [0.25, 0.3) is 5.91 Å². The lowest BCUT2D eigenvalue weighted by Gasteiger charge is -2.08. The molecule has 0 saturated heterocycles. The van der Waals surface area contributed by atoms with E-state index < -0.39 is 11.7 Å². The van der Waals surface area contributed by atoms with Crippen molar-refractivity contribution >= 4 is 35.2 Å². The molecule has 1 aliphatic rings. The van der Waals surface area contributed by atoms with Crippen molar-refractivity contribution in [2.45, 2.75) is 18.9 Å². The summed E-state index contributed by atoms with van der Waals surface area (Å²) in [7, 11) is 0. The first-order valence-electron chi connectivity index (χ1n) is 9.95. The van der Waals surface area contributed by atoms with Crippen LogP contribution in [-0.2, 0) is 4.79 Å². The molecule has 0 atom stereocenters. The number of carbonyl (C=O) groups is 2. The SMILES string of the molecule is O=C(/C=C/c1ccc(Oc2cccnc2)c(F)c1)Nc1ccc(C(=O)NC2CC2)c(Cl)c1. The van der Waals surface area contributed by atoms with Crippen LogP contribution in [0, 0.1) is 5.82 Å². The predicted octanol–water partition coefficient (Wildman–Crippen LogP) is 5.21. The third-order valence-electron chi connectivity index (χ3n) is 4.64. The number of aromatic nitrogens is 1. The molecule has 0 radical (unpaired) electrons. The van der Waals surface area contributed by atoms with E-state index >= 15 is 0 Å². The Labute approximate surface area is 189 Å². The van der Waals surface area contributed by atoms with Crippen molar-refractivity contribution in [3.8, 4) is 11.5 Å². The van der Waals surface area contributed by atoms with Crippen molar-refractivity contribution in [2.75, 3.05) is 5.32 Å². The van der Waals surface area contributed by atoms with Crippen molar-refractivity contribution in [1.29, 1.82) is 0 Å². The van der Waals surface area contributed by atoms with Crippen LogP contribution in [0.3, 0.4) is 0 Å². The Bertz CT molecular complexity index is 1180. The highest BCUT2D eigenvalue weighted by molar-refractivity contribution is 6.34. The van der Waals surface area contributed by atoms with Crippen LogP contribution in [0.2, 0.25) is 5.02 Å². The molecule has 2 amide bonds. The maximum atomic E-state index is 14.3. The van der Waals surface area contributed by atoms with Gasteiger partial charge in [-0.05, 0) is 66.9 Å². The number of anilines is 1. The molecular weight excluding hydrogens is 433 g/mol. The van der Waals surface area contributed by atoms with Crippen molar-refractivity contribution in [1.82, 2.24) is 10.3 Å². The number of amides is 2. The van der Waals surface area contributed by atoms with Crippen molar-refractivity contribution in [3.63, 3.8) is 0 Å². The van der Waals surface area contributed by atoms with E-state index in [0.29, 0.717) is 22.6 Å². The Balaban J connectivity index is 1.36. The zero-order valence-corrected chi connectivity index (χ0v) is 17.6. The molecule has 32 heavy (non-hydrogen) atoms. The third-order valence-corrected chi connectivity index (χ3v) is 4.95. The zero-order chi connectivity index (χ0) is 22.5. The maximum absolute atomic E-state index is 14.3. The van der Waals surface area contributed by atoms with E-state index in [1.807, 2.05) is 0 Å². The number of halogens is 2. The summed E-state index contributed by atoms with van der Waals surface area (Å²) in [5.41, 5.74) is 1.29. The monoisotopic (exact) mass is 451 g/mol. The van der Waals surface area contributed by atoms with E-state index in [1.165, 1.54) is 36.5 Å². The number of hydrogen-bond donors (Lipinski definition) is 2. The molecule has 1 heterocycles. The van der Waals surface area contributed by atoms with E-state index in [0.717, 1.165) is 12.8 Å². The highest BCUT2D eigenvalue weighted by Crippen LogP contribution is 2.26. The summed E-state index contributed by atoms with van der Waals surface area (Å²) in [4.78, 5) is 28.3. The predicted molar refractivity (Wildman–Crippen MR) is 120 cm³/mol. The van der Waals surface area contributed by atoms with Crippen LogP contribution in [0.1, 0.15) is 28.8 Å². The molecule has 0 spiro atoms. The second-order valence-electron chi connectivity index (χ2n) is 7.25. The largest absolute Gasteiger partial charge is 0.453 e. The molecule has 0 unspecified atom stereocenters. The Kier molecular flexibility index (Phi) is 6.47. The average molecular weight is 452 g/mol. The molecule has 8 heteroatoms. The standard InChI is InChI=1S/C24H19ClFN3O3/c25-20-13-17(7-8-19(20)24(31)29-16-5-6-16)28-23(30)10-4-15-3-9-22(21(26)12-15)32-18-2-1-11-27-14-18/h1-4,7-14,16H,5-6H2,(H,28,30)(H,29,31)/b10-4+. The van der Waals surface area contributed by atoms with Crippen LogP contribution < -0.4 is 15.4 Å². The maximum Gasteiger partial charge on any atom is 0.253 e. The normalized spacial score (nSPS) is 13.1. The smallest absolute Gasteiger partial charge is 0.253 e. The summed E-state index contributed by atoms with van der Waals surface area (Å²) in [6, 6.07) is 12.6. The lowest BCUT2D eigenvalue weighted by Crippen LogP contribution is -2.25. The van der Waals surface area contributed by atoms with Crippen LogP contribution in [0.25, 0.3) is 6.08 Å². The summed E-state index contributed by atoms with van der Waals surface area (Å²) in [5.74, 6) is -0.743. The van der Waals surface area contributed by atoms with Gasteiger partial charge in [-0.2, -0.15) is 0 Å². The number of ether oxygens (including phenoxy) is 1. The van der Waals surface area contributed by atoms with E-state index in [4.69, 9.17) is 16.3 Å². The Hall–Kier alpha value is -3.71. The van der Waals surface area contributed by atoms with Gasteiger partial charge in [-0.3, -0.25) is 14.6 Å². The van der Waals surface area contributed by atoms with Crippen LogP contribution >= 0.6 is 11.6 Å². The second kappa shape index (κ2) is 9.62. The molecule has 1 saturated carbocycles. The molecule has 1 aromatic heterocycles. The van der Waals surface area contributed by atoms with Gasteiger partial charge < -0.3 is 15.4 Å². The summed E-state index contributed by atoms with van der Waals surface area (Å²) in [6.07, 6.45) is 7.79. The number of rotatable bonds is 7. The molecule has 2 aromatic carbocycles. The Morgan fingerprint density at radius 2 is 2.00 bits per heavy atom. The number of benzene rings is 2. The molecular formula is C24H19ClFN3O3. The van der Waals surface area contributed by atoms with Gasteiger partial charge in [-0.1, -0.05) is 17.7 Å². The molecule has 6 nitrogen and oxygen atoms in total. The average Bonchev–Trinajstić information content (AvgIpc) is 3.59. The van der Waals surface area contributed by atoms with E-state index in [9.17, 15) is 14.0 Å². The molecule has 1 aliphatic carbocycles. The summed E-state index contributed by atoms with van der Waals surface area (Å²) < 4.78 is 19.8. The molecule has 0 bridgehead atoms. The van der Waals surface area contributed by atoms with E-state index in [-0.39, 0.29) is 22.7 Å². The topological polar surface area (TPSA) is 80.3 Å². The quantitative estimate of drug-likeness (QED) is 0.483. The minimum atomic E-state index is -0.566. The van der Waals surface area contributed by atoms with Crippen molar-refractivity contribution < 1.29 is 18.7 Å². The fourth-order valence-electron chi connectivity index (χ4n) is 2.86. The fourth-order valence-corrected chi connectivity index (χ4v) is 3.13. The van der Waals surface area contributed by atoms with Gasteiger partial charge in [0, 0.05) is 24.0 Å². The van der Waals surface area contributed by atoms with Crippen LogP contribution in [0.15, 0.2) is 67.0 Å². The van der Waals surface area contributed by atoms with E-state index in [1.54, 1.807) is 36.5 Å². The number of carbonyl (C=O) groups excluding carboxylic acids is 2. The van der Waals surface area contributed by atoms with Gasteiger partial charge in [-0.15, -0.1) is 0 Å². The zero-order valence-electron chi connectivity index (χ0n) is 16.8. The fraction of sp³-hybridized carbons (Fsp3) is 0.125. The number of nitrogens with one attached hydrogen (secondary N) is 2. The first kappa shape index (κ1) is 21.5. The molecule has 4 rings (SSSR count). The summed E-state index contributed by atoms with van der Waals surface area (Å²) in [5, 5.41) is 5.78. The molecule has 2 N–H and O–H groups in total. The number of pyridine rings is 1. The van der Waals surface area contributed by atoms with Gasteiger partial charge in [0.15, 0.2) is 11.6 Å². The van der Waals surface area contributed by atoms with Gasteiger partial charge in [0.1, 0.15) is 5.75 Å². The summed E-state index contributed by atoms with van der Waals surface area (Å²) >= 11 is 6.19. The van der Waals surface area contributed by atoms with Gasteiger partial charge in [0.2, 0.25) is 5.91 Å². The van der Waals surface area contributed by atoms with Gasteiger partial charge in [0.05, 0.1) is 16.8 Å². The summed E-state index contributed by atoms with van der Waals surface area (Å²) in [6.45, 7) is 0. The molecule has 1 fully saturated rings. The first-order valence-corrected chi connectivity index (χ1v) is 10.3. The Morgan fingerprint density at radius 3 is 2.69 bits per heavy atom. The minimum absolute atomic E-state index is 0.0556. The minimum Gasteiger partial charge on any atom is -0.453 e. The third kappa shape index (κ3) is 5.70. The van der Waals surface area contributed by atoms with Crippen LogP contribution in [0.4, 0.5) is 10.1 Å². The van der Waals surface area contributed by atoms with E-state index in [2.05, 4.69) is 15.6 Å². The highest BCUT2D eigenvalue weighted by atomic mass is 35.5. The lowest BCUT2D eigenvalue weighted by atomic mass is 10.1. The van der Waals surface area contributed by atoms with Gasteiger partial charge in [-0.25, -0.2) is 4.39 Å². The van der Waals surface area contributed by atoms with Gasteiger partial charge >= 0.3 is 0 Å². The molecule has 162 valence electrons. The van der Waals surface area contributed by atoms with Crippen LogP contribution in [-0.4, -0.2) is 22.8 Å². The van der Waals surface area contributed by atoms with Crippen LogP contribution in [0.5, 0.6) is 11.5 Å². The number of nitrogens with zero attached hydrogens (tertiary/aromatic N) is 1. The molecule has 3 aromatic rings. The first-order chi connectivity index (χ1) is 15.5. The van der Waals surface area contributed by atoms with Crippen molar-refractivity contribution in [2.24, 2.45) is 0 Å². The highest BCUT2D eigenvalue weighted by Gasteiger charge is 2.24. The lowest BCUT2D eigenvalue weighted by molar-refractivity contribution is -0.111. The second-order valence-corrected chi connectivity index (χ2v) is 7.65. The number of hydrogen-bond acceptors (Lipinski definition) is 4. The van der Waals surface area contributed by atoms with Crippen molar-refractivity contribution in [3.05, 3.63) is 89.0 Å². The molecule has 0 aliphatic heterocycles.